The van der Waals surface area contributed by atoms with Crippen LogP contribution in [0.25, 0.3) is 0 Å². The third kappa shape index (κ3) is 5.29. The SMILES string of the molecule is CCCC(C)N(C)CC(=O)Nc1ccc(C)c(S(=O)(=O)N(C)C)c1. The molecule has 0 saturated heterocycles. The Morgan fingerprint density at radius 2 is 1.88 bits per heavy atom. The highest BCUT2D eigenvalue weighted by molar-refractivity contribution is 7.89. The van der Waals surface area contributed by atoms with Gasteiger partial charge in [-0.3, -0.25) is 9.69 Å². The minimum absolute atomic E-state index is 0.155. The van der Waals surface area contributed by atoms with Gasteiger partial charge in [-0.1, -0.05) is 19.4 Å². The fourth-order valence-corrected chi connectivity index (χ4v) is 3.52. The van der Waals surface area contributed by atoms with E-state index >= 15 is 0 Å². The number of likely N-dealkylation sites (N-methyl/N-ethyl adjacent to an activating group) is 1. The molecule has 0 aliphatic heterocycles. The highest BCUT2D eigenvalue weighted by atomic mass is 32.2. The summed E-state index contributed by atoms with van der Waals surface area (Å²) in [7, 11) is 1.36. The van der Waals surface area contributed by atoms with E-state index < -0.39 is 10.0 Å². The summed E-state index contributed by atoms with van der Waals surface area (Å²) in [4.78, 5) is 14.4. The summed E-state index contributed by atoms with van der Waals surface area (Å²) in [6, 6.07) is 5.26. The van der Waals surface area contributed by atoms with Crippen molar-refractivity contribution in [3.05, 3.63) is 23.8 Å². The molecule has 1 aromatic carbocycles. The molecule has 24 heavy (non-hydrogen) atoms. The van der Waals surface area contributed by atoms with Crippen LogP contribution < -0.4 is 5.32 Å². The first-order valence-corrected chi connectivity index (χ1v) is 9.56. The van der Waals surface area contributed by atoms with Crippen LogP contribution in [-0.4, -0.2) is 57.3 Å². The molecule has 7 heteroatoms. The van der Waals surface area contributed by atoms with Crippen LogP contribution >= 0.6 is 0 Å². The molecule has 1 atom stereocenters. The fraction of sp³-hybridized carbons (Fsp3) is 0.588. The topological polar surface area (TPSA) is 69.7 Å². The number of anilines is 1. The number of nitrogens with one attached hydrogen (secondary N) is 1. The lowest BCUT2D eigenvalue weighted by molar-refractivity contribution is -0.117. The van der Waals surface area contributed by atoms with E-state index in [0.29, 0.717) is 17.3 Å². The van der Waals surface area contributed by atoms with Crippen LogP contribution in [0.2, 0.25) is 0 Å². The van der Waals surface area contributed by atoms with Crippen molar-refractivity contribution in [1.82, 2.24) is 9.21 Å². The molecule has 0 aliphatic carbocycles. The van der Waals surface area contributed by atoms with Gasteiger partial charge in [0, 0.05) is 25.8 Å². The zero-order valence-corrected chi connectivity index (χ0v) is 16.3. The molecule has 1 unspecified atom stereocenters. The molecule has 136 valence electrons. The van der Waals surface area contributed by atoms with Crippen LogP contribution in [0.5, 0.6) is 0 Å². The van der Waals surface area contributed by atoms with Gasteiger partial charge in [-0.25, -0.2) is 12.7 Å². The number of sulfonamides is 1. The predicted molar refractivity (Wildman–Crippen MR) is 97.7 cm³/mol. The largest absolute Gasteiger partial charge is 0.325 e. The van der Waals surface area contributed by atoms with Gasteiger partial charge in [-0.15, -0.1) is 0 Å². The van der Waals surface area contributed by atoms with E-state index in [2.05, 4.69) is 19.2 Å². The minimum atomic E-state index is -3.54. The minimum Gasteiger partial charge on any atom is -0.325 e. The van der Waals surface area contributed by atoms with Crippen molar-refractivity contribution >= 4 is 21.6 Å². The average molecular weight is 356 g/mol. The highest BCUT2D eigenvalue weighted by Gasteiger charge is 2.20. The maximum Gasteiger partial charge on any atom is 0.242 e. The molecule has 0 spiro atoms. The van der Waals surface area contributed by atoms with E-state index in [1.807, 2.05) is 11.9 Å². The Kier molecular flexibility index (Phi) is 7.38. The molecular formula is C17H29N3O3S. The average Bonchev–Trinajstić information content (AvgIpc) is 2.48. The van der Waals surface area contributed by atoms with E-state index in [0.717, 1.165) is 12.8 Å². The quantitative estimate of drug-likeness (QED) is 0.777. The van der Waals surface area contributed by atoms with Gasteiger partial charge in [0.05, 0.1) is 11.4 Å². The van der Waals surface area contributed by atoms with Crippen molar-refractivity contribution in [2.24, 2.45) is 0 Å². The van der Waals surface area contributed by atoms with E-state index in [-0.39, 0.29) is 17.3 Å². The standard InChI is InChI=1S/C17H29N3O3S/c1-7-8-14(3)20(6)12-17(21)18-15-10-9-13(2)16(11-15)24(22,23)19(4)5/h9-11,14H,7-8,12H2,1-6H3,(H,18,21). The van der Waals surface area contributed by atoms with Gasteiger partial charge in [-0.2, -0.15) is 0 Å². The Labute approximate surface area is 145 Å². The lowest BCUT2D eigenvalue weighted by atomic mass is 10.2. The summed E-state index contributed by atoms with van der Waals surface area (Å²) in [6.45, 7) is 6.21. The van der Waals surface area contributed by atoms with Gasteiger partial charge in [0.25, 0.3) is 0 Å². The maximum atomic E-state index is 12.3. The molecule has 0 aromatic heterocycles. The van der Waals surface area contributed by atoms with Crippen molar-refractivity contribution in [2.75, 3.05) is 33.0 Å². The number of aryl methyl sites for hydroxylation is 1. The van der Waals surface area contributed by atoms with E-state index in [1.165, 1.54) is 24.5 Å². The molecule has 0 heterocycles. The smallest absolute Gasteiger partial charge is 0.242 e. The van der Waals surface area contributed by atoms with Crippen LogP contribution in [-0.2, 0) is 14.8 Å². The molecule has 0 fully saturated rings. The molecule has 1 amide bonds. The number of hydrogen-bond acceptors (Lipinski definition) is 4. The Bertz CT molecular complexity index is 672. The number of nitrogens with zero attached hydrogens (tertiary/aromatic N) is 2. The van der Waals surface area contributed by atoms with Gasteiger partial charge in [0.15, 0.2) is 0 Å². The number of carbonyl (C=O) groups excluding carboxylic acids is 1. The second kappa shape index (κ2) is 8.60. The third-order valence-electron chi connectivity index (χ3n) is 4.08. The lowest BCUT2D eigenvalue weighted by Crippen LogP contribution is -2.36. The van der Waals surface area contributed by atoms with Crippen LogP contribution in [0.15, 0.2) is 23.1 Å². The first kappa shape index (κ1) is 20.6. The van der Waals surface area contributed by atoms with Crippen LogP contribution in [0.4, 0.5) is 5.69 Å². The molecule has 0 saturated carbocycles. The Hall–Kier alpha value is -1.44. The molecule has 6 nitrogen and oxygen atoms in total. The monoisotopic (exact) mass is 355 g/mol. The maximum absolute atomic E-state index is 12.3. The van der Waals surface area contributed by atoms with Gasteiger partial charge in [0.1, 0.15) is 0 Å². The molecular weight excluding hydrogens is 326 g/mol. The number of amides is 1. The second-order valence-electron chi connectivity index (χ2n) is 6.37. The number of benzene rings is 1. The molecule has 0 aliphatic rings. The van der Waals surface area contributed by atoms with Crippen molar-refractivity contribution < 1.29 is 13.2 Å². The van der Waals surface area contributed by atoms with Crippen LogP contribution in [0.3, 0.4) is 0 Å². The van der Waals surface area contributed by atoms with E-state index in [1.54, 1.807) is 19.1 Å². The summed E-state index contributed by atoms with van der Waals surface area (Å²) < 4.78 is 25.8. The number of carbonyl (C=O) groups is 1. The summed E-state index contributed by atoms with van der Waals surface area (Å²) >= 11 is 0. The van der Waals surface area contributed by atoms with E-state index in [4.69, 9.17) is 0 Å². The van der Waals surface area contributed by atoms with Crippen LogP contribution in [0, 0.1) is 6.92 Å². The Balaban J connectivity index is 2.88. The fourth-order valence-electron chi connectivity index (χ4n) is 2.37. The van der Waals surface area contributed by atoms with Crippen molar-refractivity contribution in [3.63, 3.8) is 0 Å². The van der Waals surface area contributed by atoms with Crippen molar-refractivity contribution in [3.8, 4) is 0 Å². The third-order valence-corrected chi connectivity index (χ3v) is 6.04. The molecule has 0 radical (unpaired) electrons. The number of hydrogen-bond donors (Lipinski definition) is 1. The zero-order chi connectivity index (χ0) is 18.5. The van der Waals surface area contributed by atoms with Crippen LogP contribution in [0.1, 0.15) is 32.3 Å². The molecule has 0 bridgehead atoms. The molecule has 1 rings (SSSR count). The van der Waals surface area contributed by atoms with Gasteiger partial charge >= 0.3 is 0 Å². The molecule has 1 N–H and O–H groups in total. The number of rotatable bonds is 8. The summed E-state index contributed by atoms with van der Waals surface area (Å²) in [5.41, 5.74) is 1.14. The summed E-state index contributed by atoms with van der Waals surface area (Å²) in [5.74, 6) is -0.155. The second-order valence-corrected chi connectivity index (χ2v) is 8.49. The first-order chi connectivity index (χ1) is 11.1. The Morgan fingerprint density at radius 3 is 2.42 bits per heavy atom. The van der Waals surface area contributed by atoms with Crippen molar-refractivity contribution in [2.45, 2.75) is 44.6 Å². The Morgan fingerprint density at radius 1 is 1.25 bits per heavy atom. The molecule has 1 aromatic rings. The van der Waals surface area contributed by atoms with Gasteiger partial charge < -0.3 is 5.32 Å². The zero-order valence-electron chi connectivity index (χ0n) is 15.5. The summed E-state index contributed by atoms with van der Waals surface area (Å²) in [6.07, 6.45) is 2.09. The first-order valence-electron chi connectivity index (χ1n) is 8.12. The van der Waals surface area contributed by atoms with Crippen molar-refractivity contribution in [1.29, 1.82) is 0 Å². The summed E-state index contributed by atoms with van der Waals surface area (Å²) in [5, 5.41) is 2.78. The normalized spacial score (nSPS) is 13.3. The predicted octanol–water partition coefficient (Wildman–Crippen LogP) is 2.30. The van der Waals surface area contributed by atoms with E-state index in [9.17, 15) is 13.2 Å². The highest BCUT2D eigenvalue weighted by Crippen LogP contribution is 2.22. The lowest BCUT2D eigenvalue weighted by Gasteiger charge is -2.23. The van der Waals surface area contributed by atoms with Gasteiger partial charge in [-0.05, 0) is 45.0 Å². The van der Waals surface area contributed by atoms with Gasteiger partial charge in [0.2, 0.25) is 15.9 Å².